The van der Waals surface area contributed by atoms with Crippen molar-refractivity contribution in [2.24, 2.45) is 11.7 Å². The highest BCUT2D eigenvalue weighted by atomic mass is 35.5. The first-order valence-corrected chi connectivity index (χ1v) is 8.10. The number of ether oxygens (including phenoxy) is 1. The third-order valence-electron chi connectivity index (χ3n) is 4.26. The van der Waals surface area contributed by atoms with Crippen molar-refractivity contribution in [3.05, 3.63) is 46.9 Å². The predicted molar refractivity (Wildman–Crippen MR) is 92.4 cm³/mol. The van der Waals surface area contributed by atoms with Crippen LogP contribution in [0.4, 0.5) is 4.39 Å². The molecule has 2 unspecified atom stereocenters. The maximum atomic E-state index is 13.4. The van der Waals surface area contributed by atoms with Crippen molar-refractivity contribution in [1.82, 2.24) is 4.98 Å². The van der Waals surface area contributed by atoms with Gasteiger partial charge in [-0.3, -0.25) is 0 Å². The van der Waals surface area contributed by atoms with E-state index in [1.165, 1.54) is 6.07 Å². The van der Waals surface area contributed by atoms with E-state index in [0.29, 0.717) is 23.9 Å². The van der Waals surface area contributed by atoms with Gasteiger partial charge in [0, 0.05) is 23.7 Å². The fourth-order valence-electron chi connectivity index (χ4n) is 2.61. The number of aromatic nitrogens is 1. The molecule has 1 aromatic heterocycles. The van der Waals surface area contributed by atoms with Gasteiger partial charge >= 0.3 is 0 Å². The fourth-order valence-corrected chi connectivity index (χ4v) is 2.79. The zero-order valence-electron chi connectivity index (χ0n) is 13.6. The second kappa shape index (κ2) is 7.75. The maximum Gasteiger partial charge on any atom is 0.145 e. The van der Waals surface area contributed by atoms with Crippen LogP contribution >= 0.6 is 11.6 Å². The van der Waals surface area contributed by atoms with Gasteiger partial charge in [-0.05, 0) is 36.2 Å². The summed E-state index contributed by atoms with van der Waals surface area (Å²) in [5, 5.41) is 0.0639. The number of hydrogen-bond donors (Lipinski definition) is 1. The highest BCUT2D eigenvalue weighted by molar-refractivity contribution is 6.31. The molecule has 0 saturated heterocycles. The van der Waals surface area contributed by atoms with Crippen molar-refractivity contribution < 1.29 is 9.13 Å². The highest BCUT2D eigenvalue weighted by Gasteiger charge is 2.20. The van der Waals surface area contributed by atoms with E-state index >= 15 is 0 Å². The standard InChI is InChI=1S/C18H22ClFN2O/c1-4-11(2)13(10-21)16-7-8-17(23-3)18(22-16)12-5-6-15(20)14(19)9-12/h5-9,11,13H,4,10,21H2,1-3H3. The van der Waals surface area contributed by atoms with Crippen LogP contribution in [0.15, 0.2) is 30.3 Å². The SMILES string of the molecule is CCC(C)C(CN)c1ccc(OC)c(-c2ccc(F)c(Cl)c2)n1. The molecule has 0 fully saturated rings. The van der Waals surface area contributed by atoms with Gasteiger partial charge in [0.1, 0.15) is 17.3 Å². The molecular weight excluding hydrogens is 315 g/mol. The molecule has 0 aliphatic rings. The van der Waals surface area contributed by atoms with Gasteiger partial charge in [0.2, 0.25) is 0 Å². The minimum atomic E-state index is -0.454. The lowest BCUT2D eigenvalue weighted by Gasteiger charge is -2.22. The van der Waals surface area contributed by atoms with Crippen molar-refractivity contribution in [2.45, 2.75) is 26.2 Å². The molecule has 0 amide bonds. The molecule has 23 heavy (non-hydrogen) atoms. The van der Waals surface area contributed by atoms with E-state index < -0.39 is 5.82 Å². The Kier molecular flexibility index (Phi) is 5.97. The topological polar surface area (TPSA) is 48.1 Å². The van der Waals surface area contributed by atoms with Gasteiger partial charge in [0.25, 0.3) is 0 Å². The van der Waals surface area contributed by atoms with Gasteiger partial charge in [-0.1, -0.05) is 31.9 Å². The maximum absolute atomic E-state index is 13.4. The molecule has 0 aliphatic carbocycles. The minimum absolute atomic E-state index is 0.0639. The molecule has 2 atom stereocenters. The monoisotopic (exact) mass is 336 g/mol. The summed E-state index contributed by atoms with van der Waals surface area (Å²) in [5.74, 6) is 0.757. The van der Waals surface area contributed by atoms with E-state index in [1.807, 2.05) is 12.1 Å². The lowest BCUT2D eigenvalue weighted by atomic mass is 9.88. The molecule has 2 aromatic rings. The Morgan fingerprint density at radius 1 is 1.30 bits per heavy atom. The number of methoxy groups -OCH3 is 1. The summed E-state index contributed by atoms with van der Waals surface area (Å²) < 4.78 is 18.8. The van der Waals surface area contributed by atoms with Crippen molar-refractivity contribution >= 4 is 11.6 Å². The van der Waals surface area contributed by atoms with Crippen LogP contribution in [-0.4, -0.2) is 18.6 Å². The molecule has 0 radical (unpaired) electrons. The fraction of sp³-hybridized carbons (Fsp3) is 0.389. The van der Waals surface area contributed by atoms with Crippen LogP contribution in [0.25, 0.3) is 11.3 Å². The van der Waals surface area contributed by atoms with Gasteiger partial charge in [0.15, 0.2) is 0 Å². The van der Waals surface area contributed by atoms with E-state index in [4.69, 9.17) is 27.1 Å². The average Bonchev–Trinajstić information content (AvgIpc) is 2.57. The van der Waals surface area contributed by atoms with E-state index in [-0.39, 0.29) is 10.9 Å². The number of benzene rings is 1. The molecule has 5 heteroatoms. The van der Waals surface area contributed by atoms with E-state index in [1.54, 1.807) is 19.2 Å². The number of nitrogens with two attached hydrogens (primary N) is 1. The summed E-state index contributed by atoms with van der Waals surface area (Å²) in [4.78, 5) is 4.74. The van der Waals surface area contributed by atoms with Gasteiger partial charge in [-0.2, -0.15) is 0 Å². The predicted octanol–water partition coefficient (Wildman–Crippen LogP) is 4.64. The lowest BCUT2D eigenvalue weighted by Crippen LogP contribution is -2.20. The van der Waals surface area contributed by atoms with Gasteiger partial charge in [0.05, 0.1) is 12.1 Å². The third-order valence-corrected chi connectivity index (χ3v) is 4.55. The molecule has 3 nitrogen and oxygen atoms in total. The Labute approximate surface area is 141 Å². The molecule has 124 valence electrons. The molecular formula is C18H22ClFN2O. The number of pyridine rings is 1. The van der Waals surface area contributed by atoms with Crippen molar-refractivity contribution in [1.29, 1.82) is 0 Å². The number of hydrogen-bond acceptors (Lipinski definition) is 3. The minimum Gasteiger partial charge on any atom is -0.494 e. The van der Waals surface area contributed by atoms with E-state index in [0.717, 1.165) is 17.7 Å². The van der Waals surface area contributed by atoms with Crippen LogP contribution in [0.5, 0.6) is 5.75 Å². The molecule has 0 saturated carbocycles. The summed E-state index contributed by atoms with van der Waals surface area (Å²) in [6, 6.07) is 8.36. The van der Waals surface area contributed by atoms with Crippen molar-refractivity contribution in [3.8, 4) is 17.0 Å². The van der Waals surface area contributed by atoms with Crippen molar-refractivity contribution in [3.63, 3.8) is 0 Å². The Morgan fingerprint density at radius 3 is 2.61 bits per heavy atom. The summed E-state index contributed by atoms with van der Waals surface area (Å²) in [7, 11) is 1.58. The largest absolute Gasteiger partial charge is 0.494 e. The van der Waals surface area contributed by atoms with Crippen LogP contribution in [0.2, 0.25) is 5.02 Å². The van der Waals surface area contributed by atoms with Crippen LogP contribution < -0.4 is 10.5 Å². The first kappa shape index (κ1) is 17.7. The molecule has 0 spiro atoms. The lowest BCUT2D eigenvalue weighted by molar-refractivity contribution is 0.411. The van der Waals surface area contributed by atoms with Crippen LogP contribution in [0.3, 0.4) is 0 Å². The Balaban J connectivity index is 2.52. The molecule has 1 aromatic carbocycles. The second-order valence-corrected chi connectivity index (χ2v) is 6.05. The zero-order chi connectivity index (χ0) is 17.0. The van der Waals surface area contributed by atoms with Crippen LogP contribution in [0, 0.1) is 11.7 Å². The van der Waals surface area contributed by atoms with Crippen LogP contribution in [-0.2, 0) is 0 Å². The number of halogens is 2. The molecule has 2 N–H and O–H groups in total. The quantitative estimate of drug-likeness (QED) is 0.836. The van der Waals surface area contributed by atoms with Gasteiger partial charge in [-0.25, -0.2) is 9.37 Å². The third kappa shape index (κ3) is 3.82. The highest BCUT2D eigenvalue weighted by Crippen LogP contribution is 2.33. The summed E-state index contributed by atoms with van der Waals surface area (Å²) >= 11 is 5.90. The molecule has 2 rings (SSSR count). The Bertz CT molecular complexity index is 678. The number of rotatable bonds is 6. The first-order chi connectivity index (χ1) is 11.0. The summed E-state index contributed by atoms with van der Waals surface area (Å²) in [6.45, 7) is 4.83. The molecule has 0 bridgehead atoms. The normalized spacial score (nSPS) is 13.7. The van der Waals surface area contributed by atoms with Gasteiger partial charge < -0.3 is 10.5 Å². The molecule has 1 heterocycles. The summed E-state index contributed by atoms with van der Waals surface area (Å²) in [5.41, 5.74) is 8.22. The second-order valence-electron chi connectivity index (χ2n) is 5.64. The Morgan fingerprint density at radius 2 is 2.04 bits per heavy atom. The smallest absolute Gasteiger partial charge is 0.145 e. The van der Waals surface area contributed by atoms with Gasteiger partial charge in [-0.15, -0.1) is 0 Å². The van der Waals surface area contributed by atoms with E-state index in [9.17, 15) is 4.39 Å². The zero-order valence-corrected chi connectivity index (χ0v) is 14.4. The van der Waals surface area contributed by atoms with Crippen LogP contribution in [0.1, 0.15) is 31.9 Å². The van der Waals surface area contributed by atoms with E-state index in [2.05, 4.69) is 13.8 Å². The first-order valence-electron chi connectivity index (χ1n) is 7.72. The number of nitrogens with zero attached hydrogens (tertiary/aromatic N) is 1. The van der Waals surface area contributed by atoms with Crippen molar-refractivity contribution in [2.75, 3.05) is 13.7 Å². The average molecular weight is 337 g/mol. The summed E-state index contributed by atoms with van der Waals surface area (Å²) in [6.07, 6.45) is 1.02. The molecule has 0 aliphatic heterocycles. The Hall–Kier alpha value is -1.65.